The molecule has 1 aliphatic carbocycles. The van der Waals surface area contributed by atoms with E-state index in [1.54, 1.807) is 7.11 Å². The van der Waals surface area contributed by atoms with Crippen LogP contribution >= 0.6 is 0 Å². The Morgan fingerprint density at radius 3 is 2.40 bits per heavy atom. The summed E-state index contributed by atoms with van der Waals surface area (Å²) in [5.41, 5.74) is 10.7. The number of fused-ring (bicyclic) bond motifs is 2. The van der Waals surface area contributed by atoms with Gasteiger partial charge in [0.2, 0.25) is 0 Å². The summed E-state index contributed by atoms with van der Waals surface area (Å²) >= 11 is 0. The monoisotopic (exact) mass is 334 g/mol. The third kappa shape index (κ3) is 3.12. The highest BCUT2D eigenvalue weighted by molar-refractivity contribution is 5.93. The molecule has 25 heavy (non-hydrogen) atoms. The zero-order chi connectivity index (χ0) is 17.2. The second-order valence-corrected chi connectivity index (χ2v) is 6.47. The van der Waals surface area contributed by atoms with Crippen molar-refractivity contribution >= 4 is 16.6 Å². The number of aromatic nitrogens is 1. The molecule has 0 spiro atoms. The molecule has 3 aromatic rings. The van der Waals surface area contributed by atoms with E-state index in [0.29, 0.717) is 0 Å². The molecule has 2 N–H and O–H groups in total. The molecular weight excluding hydrogens is 312 g/mol. The van der Waals surface area contributed by atoms with Gasteiger partial charge in [-0.25, -0.2) is 0 Å². The molecule has 0 bridgehead atoms. The van der Waals surface area contributed by atoms with Crippen molar-refractivity contribution in [3.63, 3.8) is 0 Å². The molecule has 1 aliphatic rings. The second-order valence-electron chi connectivity index (χ2n) is 6.47. The first-order chi connectivity index (χ1) is 12.2. The van der Waals surface area contributed by atoms with Gasteiger partial charge < -0.3 is 15.2 Å². The van der Waals surface area contributed by atoms with E-state index in [1.807, 2.05) is 42.5 Å². The maximum Gasteiger partial charge on any atom is 0.128 e. The first kappa shape index (κ1) is 15.8. The standard InChI is InChI=1S/C21H22N2O2/c1-24-14-7-9-15(10-8-14)25-16-11-12-20-18(13-16)21(22)17-5-3-2-4-6-19(17)23-20/h7-13H,2-6H2,1H3,(H2,22,23). The molecular formula is C21H22N2O2. The van der Waals surface area contributed by atoms with Crippen molar-refractivity contribution in [2.45, 2.75) is 32.1 Å². The van der Waals surface area contributed by atoms with E-state index >= 15 is 0 Å². The van der Waals surface area contributed by atoms with Crippen molar-refractivity contribution in [3.8, 4) is 17.2 Å². The van der Waals surface area contributed by atoms with Crippen molar-refractivity contribution in [3.05, 3.63) is 53.7 Å². The number of nitrogens with zero attached hydrogens (tertiary/aromatic N) is 1. The Kier molecular flexibility index (Phi) is 4.18. The fraction of sp³-hybridized carbons (Fsp3) is 0.286. The van der Waals surface area contributed by atoms with Gasteiger partial charge in [-0.1, -0.05) is 6.42 Å². The quantitative estimate of drug-likeness (QED) is 0.693. The molecule has 0 saturated heterocycles. The Bertz CT molecular complexity index is 904. The number of methoxy groups -OCH3 is 1. The predicted octanol–water partition coefficient (Wildman–Crippen LogP) is 4.89. The van der Waals surface area contributed by atoms with Crippen LogP contribution in [0.3, 0.4) is 0 Å². The SMILES string of the molecule is COc1ccc(Oc2ccc3nc4c(c(N)c3c2)CCCCC4)cc1. The van der Waals surface area contributed by atoms with Crippen molar-refractivity contribution in [1.29, 1.82) is 0 Å². The number of ether oxygens (including phenoxy) is 2. The molecule has 1 heterocycles. The normalized spacial score (nSPS) is 14.0. The van der Waals surface area contributed by atoms with Crippen LogP contribution in [0.5, 0.6) is 17.2 Å². The summed E-state index contributed by atoms with van der Waals surface area (Å²) in [5.74, 6) is 2.34. The number of pyridine rings is 1. The van der Waals surface area contributed by atoms with Crippen molar-refractivity contribution < 1.29 is 9.47 Å². The molecule has 1 aromatic heterocycles. The van der Waals surface area contributed by atoms with Gasteiger partial charge in [0.15, 0.2) is 0 Å². The first-order valence-electron chi connectivity index (χ1n) is 8.77. The Morgan fingerprint density at radius 1 is 0.880 bits per heavy atom. The van der Waals surface area contributed by atoms with Gasteiger partial charge in [-0.15, -0.1) is 0 Å². The summed E-state index contributed by atoms with van der Waals surface area (Å²) in [5, 5.41) is 0.978. The molecule has 0 radical (unpaired) electrons. The summed E-state index contributed by atoms with van der Waals surface area (Å²) in [6.07, 6.45) is 5.68. The van der Waals surface area contributed by atoms with E-state index in [1.165, 1.54) is 30.5 Å². The van der Waals surface area contributed by atoms with Gasteiger partial charge in [-0.2, -0.15) is 0 Å². The summed E-state index contributed by atoms with van der Waals surface area (Å²) in [6, 6.07) is 13.5. The lowest BCUT2D eigenvalue weighted by molar-refractivity contribution is 0.413. The molecule has 128 valence electrons. The number of hydrogen-bond donors (Lipinski definition) is 1. The zero-order valence-corrected chi connectivity index (χ0v) is 14.4. The molecule has 0 amide bonds. The fourth-order valence-electron chi connectivity index (χ4n) is 3.46. The Morgan fingerprint density at radius 2 is 1.60 bits per heavy atom. The van der Waals surface area contributed by atoms with Crippen LogP contribution in [-0.4, -0.2) is 12.1 Å². The van der Waals surface area contributed by atoms with Gasteiger partial charge in [0, 0.05) is 16.8 Å². The first-order valence-corrected chi connectivity index (χ1v) is 8.77. The lowest BCUT2D eigenvalue weighted by Gasteiger charge is -2.13. The summed E-state index contributed by atoms with van der Waals surface area (Å²) in [7, 11) is 1.65. The van der Waals surface area contributed by atoms with Crippen LogP contribution in [0, 0.1) is 0 Å². The lowest BCUT2D eigenvalue weighted by atomic mass is 10.0. The third-order valence-corrected chi connectivity index (χ3v) is 4.82. The number of rotatable bonds is 3. The minimum absolute atomic E-state index is 0.764. The molecule has 0 atom stereocenters. The van der Waals surface area contributed by atoms with Gasteiger partial charge in [-0.3, -0.25) is 4.98 Å². The third-order valence-electron chi connectivity index (χ3n) is 4.82. The van der Waals surface area contributed by atoms with Gasteiger partial charge in [-0.05, 0) is 73.7 Å². The highest BCUT2D eigenvalue weighted by atomic mass is 16.5. The summed E-state index contributed by atoms with van der Waals surface area (Å²) in [4.78, 5) is 4.86. The second kappa shape index (κ2) is 6.63. The van der Waals surface area contributed by atoms with Crippen LogP contribution < -0.4 is 15.2 Å². The number of benzene rings is 2. The van der Waals surface area contributed by atoms with Crippen LogP contribution in [-0.2, 0) is 12.8 Å². The molecule has 0 aliphatic heterocycles. The lowest BCUT2D eigenvalue weighted by Crippen LogP contribution is -2.03. The zero-order valence-electron chi connectivity index (χ0n) is 14.4. The number of anilines is 1. The molecule has 0 saturated carbocycles. The van der Waals surface area contributed by atoms with E-state index in [4.69, 9.17) is 20.2 Å². The fourth-order valence-corrected chi connectivity index (χ4v) is 3.46. The van der Waals surface area contributed by atoms with Crippen LogP contribution in [0.15, 0.2) is 42.5 Å². The van der Waals surface area contributed by atoms with Crippen LogP contribution in [0.2, 0.25) is 0 Å². The molecule has 4 heteroatoms. The number of nitrogen functional groups attached to an aromatic ring is 1. The van der Waals surface area contributed by atoms with Crippen LogP contribution in [0.4, 0.5) is 5.69 Å². The topological polar surface area (TPSA) is 57.4 Å². The van der Waals surface area contributed by atoms with E-state index in [0.717, 1.165) is 46.7 Å². The maximum absolute atomic E-state index is 6.50. The Hall–Kier alpha value is -2.75. The minimum Gasteiger partial charge on any atom is -0.497 e. The molecule has 0 fully saturated rings. The molecule has 0 unspecified atom stereocenters. The van der Waals surface area contributed by atoms with E-state index in [-0.39, 0.29) is 0 Å². The van der Waals surface area contributed by atoms with Crippen molar-refractivity contribution in [2.24, 2.45) is 0 Å². The Labute approximate surface area is 147 Å². The van der Waals surface area contributed by atoms with Gasteiger partial charge in [0.05, 0.1) is 12.6 Å². The highest BCUT2D eigenvalue weighted by Gasteiger charge is 2.16. The Balaban J connectivity index is 1.70. The molecule has 2 aromatic carbocycles. The van der Waals surface area contributed by atoms with Gasteiger partial charge in [0.25, 0.3) is 0 Å². The summed E-state index contributed by atoms with van der Waals surface area (Å²) in [6.45, 7) is 0. The van der Waals surface area contributed by atoms with E-state index in [2.05, 4.69) is 0 Å². The average molecular weight is 334 g/mol. The summed E-state index contributed by atoms with van der Waals surface area (Å²) < 4.78 is 11.1. The van der Waals surface area contributed by atoms with Crippen LogP contribution in [0.25, 0.3) is 10.9 Å². The van der Waals surface area contributed by atoms with Gasteiger partial charge >= 0.3 is 0 Å². The van der Waals surface area contributed by atoms with Gasteiger partial charge in [0.1, 0.15) is 17.2 Å². The van der Waals surface area contributed by atoms with Crippen molar-refractivity contribution in [2.75, 3.05) is 12.8 Å². The molecule has 4 nitrogen and oxygen atoms in total. The van der Waals surface area contributed by atoms with E-state index in [9.17, 15) is 0 Å². The maximum atomic E-state index is 6.50. The largest absolute Gasteiger partial charge is 0.497 e. The molecule has 4 rings (SSSR count). The number of nitrogens with two attached hydrogens (primary N) is 1. The average Bonchev–Trinajstić information content (AvgIpc) is 2.89. The number of aryl methyl sites for hydroxylation is 1. The predicted molar refractivity (Wildman–Crippen MR) is 100 cm³/mol. The van der Waals surface area contributed by atoms with Crippen LogP contribution in [0.1, 0.15) is 30.5 Å². The number of hydrogen-bond acceptors (Lipinski definition) is 4. The highest BCUT2D eigenvalue weighted by Crippen LogP contribution is 2.33. The van der Waals surface area contributed by atoms with E-state index < -0.39 is 0 Å². The smallest absolute Gasteiger partial charge is 0.128 e. The van der Waals surface area contributed by atoms with Crippen molar-refractivity contribution in [1.82, 2.24) is 4.98 Å². The minimum atomic E-state index is 0.764.